The van der Waals surface area contributed by atoms with E-state index in [1.807, 2.05) is 11.8 Å². The summed E-state index contributed by atoms with van der Waals surface area (Å²) in [5.41, 5.74) is 3.73. The Bertz CT molecular complexity index is 1020. The molecule has 2 aromatic heterocycles. The fourth-order valence-electron chi connectivity index (χ4n) is 3.72. The highest BCUT2D eigenvalue weighted by Crippen LogP contribution is 2.43. The number of benzene rings is 1. The highest BCUT2D eigenvalue weighted by Gasteiger charge is 2.27. The smallest absolute Gasteiger partial charge is 0.0572 e. The van der Waals surface area contributed by atoms with Crippen LogP contribution in [0.5, 0.6) is 0 Å². The summed E-state index contributed by atoms with van der Waals surface area (Å²) in [5, 5.41) is 16.1. The molecule has 0 radical (unpaired) electrons. The summed E-state index contributed by atoms with van der Waals surface area (Å²) >= 11 is 3.74. The molecule has 0 aliphatic carbocycles. The summed E-state index contributed by atoms with van der Waals surface area (Å²) in [5.74, 6) is 0.490. The molecule has 0 saturated carbocycles. The van der Waals surface area contributed by atoms with E-state index in [2.05, 4.69) is 93.9 Å². The third-order valence-electron chi connectivity index (χ3n) is 5.14. The third kappa shape index (κ3) is 5.30. The van der Waals surface area contributed by atoms with E-state index in [0.717, 1.165) is 13.0 Å². The molecule has 1 N–H and O–H groups in total. The molecule has 0 atom stereocenters. The summed E-state index contributed by atoms with van der Waals surface area (Å²) in [6, 6.07) is 11.3. The number of aromatic nitrogens is 1. The molecule has 3 rings (SSSR count). The van der Waals surface area contributed by atoms with Gasteiger partial charge >= 0.3 is 0 Å². The van der Waals surface area contributed by atoms with E-state index in [9.17, 15) is 5.21 Å². The molecule has 3 aromatic rings. The Balaban J connectivity index is 2.28. The standard InChI is InChI=1S/C25H34N2OS2/c1-17(2)18-10-11-21-20(13-18)23(30-24(3,4)5)22(14-25(6,7)16-26-28)27(21)15-19-9-8-12-29-19/h8-13,16-17,28H,14-15H2,1-7H3/b26-16+. The van der Waals surface area contributed by atoms with Gasteiger partial charge in [0.2, 0.25) is 0 Å². The summed E-state index contributed by atoms with van der Waals surface area (Å²) in [6.07, 6.45) is 2.47. The van der Waals surface area contributed by atoms with E-state index in [1.54, 1.807) is 17.6 Å². The second kappa shape index (κ2) is 8.80. The molecular formula is C25H34N2OS2. The number of rotatable bonds is 7. The van der Waals surface area contributed by atoms with Gasteiger partial charge in [-0.05, 0) is 41.5 Å². The first-order valence-electron chi connectivity index (χ1n) is 10.6. The van der Waals surface area contributed by atoms with Crippen molar-refractivity contribution >= 4 is 40.2 Å². The zero-order valence-corrected chi connectivity index (χ0v) is 20.8. The van der Waals surface area contributed by atoms with E-state index in [4.69, 9.17) is 0 Å². The Labute approximate surface area is 189 Å². The fraction of sp³-hybridized carbons (Fsp3) is 0.480. The van der Waals surface area contributed by atoms with Gasteiger partial charge in [-0.3, -0.25) is 0 Å². The Morgan fingerprint density at radius 1 is 1.17 bits per heavy atom. The average Bonchev–Trinajstić information content (AvgIpc) is 3.22. The number of nitrogens with zero attached hydrogens (tertiary/aromatic N) is 2. The van der Waals surface area contributed by atoms with E-state index in [0.29, 0.717) is 5.92 Å². The van der Waals surface area contributed by atoms with Crippen LogP contribution in [0.3, 0.4) is 0 Å². The number of fused-ring (bicyclic) bond motifs is 1. The maximum atomic E-state index is 9.21. The summed E-state index contributed by atoms with van der Waals surface area (Å²) in [4.78, 5) is 2.71. The van der Waals surface area contributed by atoms with Crippen LogP contribution in [-0.4, -0.2) is 20.7 Å². The minimum absolute atomic E-state index is 0.0971. The molecule has 5 heteroatoms. The lowest BCUT2D eigenvalue weighted by molar-refractivity contribution is 0.313. The summed E-state index contributed by atoms with van der Waals surface area (Å²) in [6.45, 7) is 16.4. The highest BCUT2D eigenvalue weighted by atomic mass is 32.2. The Morgan fingerprint density at radius 3 is 2.47 bits per heavy atom. The summed E-state index contributed by atoms with van der Waals surface area (Å²) < 4.78 is 2.58. The van der Waals surface area contributed by atoms with Gasteiger partial charge in [0.1, 0.15) is 0 Å². The van der Waals surface area contributed by atoms with Crippen LogP contribution >= 0.6 is 23.1 Å². The second-order valence-corrected chi connectivity index (χ2v) is 12.9. The first kappa shape index (κ1) is 23.0. The van der Waals surface area contributed by atoms with Crippen molar-refractivity contribution in [1.82, 2.24) is 4.57 Å². The molecule has 1 aromatic carbocycles. The molecule has 0 saturated heterocycles. The van der Waals surface area contributed by atoms with Crippen LogP contribution in [0.1, 0.15) is 70.5 Å². The van der Waals surface area contributed by atoms with Gasteiger partial charge < -0.3 is 9.77 Å². The van der Waals surface area contributed by atoms with Crippen molar-refractivity contribution in [2.24, 2.45) is 10.6 Å². The third-order valence-corrected chi connectivity index (χ3v) is 7.28. The molecule has 0 spiro atoms. The number of oxime groups is 1. The maximum absolute atomic E-state index is 9.21. The molecule has 0 unspecified atom stereocenters. The number of thiophene rings is 1. The number of hydrogen-bond acceptors (Lipinski definition) is 4. The Kier molecular flexibility index (Phi) is 6.73. The SMILES string of the molecule is CC(C)c1ccc2c(c1)c(SC(C)(C)C)c(CC(C)(C)/C=N/O)n2Cc1cccs1. The van der Waals surface area contributed by atoms with E-state index in [-0.39, 0.29) is 10.2 Å². The average molecular weight is 443 g/mol. The van der Waals surface area contributed by atoms with E-state index >= 15 is 0 Å². The van der Waals surface area contributed by atoms with Crippen molar-refractivity contribution in [3.63, 3.8) is 0 Å². The number of hydrogen-bond donors (Lipinski definition) is 1. The van der Waals surface area contributed by atoms with E-state index < -0.39 is 0 Å². The second-order valence-electron chi connectivity index (χ2n) is 10.00. The van der Waals surface area contributed by atoms with Crippen LogP contribution in [0.15, 0.2) is 45.8 Å². The monoisotopic (exact) mass is 442 g/mol. The van der Waals surface area contributed by atoms with Crippen LogP contribution in [-0.2, 0) is 13.0 Å². The minimum atomic E-state index is -0.246. The van der Waals surface area contributed by atoms with Crippen LogP contribution in [0.2, 0.25) is 0 Å². The lowest BCUT2D eigenvalue weighted by Crippen LogP contribution is -2.20. The Morgan fingerprint density at radius 2 is 1.90 bits per heavy atom. The molecule has 30 heavy (non-hydrogen) atoms. The van der Waals surface area contributed by atoms with Crippen LogP contribution in [0, 0.1) is 5.41 Å². The Hall–Kier alpha value is -1.72. The van der Waals surface area contributed by atoms with Crippen molar-refractivity contribution in [2.45, 2.75) is 77.0 Å². The van der Waals surface area contributed by atoms with Crippen LogP contribution in [0.4, 0.5) is 0 Å². The van der Waals surface area contributed by atoms with E-state index in [1.165, 1.54) is 31.9 Å². The normalized spacial score (nSPS) is 13.2. The number of thioether (sulfide) groups is 1. The summed E-state index contributed by atoms with van der Waals surface area (Å²) in [7, 11) is 0. The van der Waals surface area contributed by atoms with Gasteiger partial charge in [-0.25, -0.2) is 0 Å². The van der Waals surface area contributed by atoms with Gasteiger partial charge in [0.25, 0.3) is 0 Å². The molecule has 0 aliphatic rings. The largest absolute Gasteiger partial charge is 0.411 e. The van der Waals surface area contributed by atoms with Gasteiger partial charge in [0.05, 0.1) is 6.54 Å². The molecule has 0 amide bonds. The fourth-order valence-corrected chi connectivity index (χ4v) is 5.60. The maximum Gasteiger partial charge on any atom is 0.0572 e. The van der Waals surface area contributed by atoms with Gasteiger partial charge in [0.15, 0.2) is 0 Å². The van der Waals surface area contributed by atoms with Crippen molar-refractivity contribution in [3.8, 4) is 0 Å². The van der Waals surface area contributed by atoms with Crippen molar-refractivity contribution < 1.29 is 5.21 Å². The first-order valence-corrected chi connectivity index (χ1v) is 12.3. The minimum Gasteiger partial charge on any atom is -0.411 e. The predicted octanol–water partition coefficient (Wildman–Crippen LogP) is 7.79. The molecule has 162 valence electrons. The molecule has 3 nitrogen and oxygen atoms in total. The van der Waals surface area contributed by atoms with Crippen molar-refractivity contribution in [3.05, 3.63) is 51.8 Å². The van der Waals surface area contributed by atoms with Gasteiger partial charge in [-0.15, -0.1) is 28.3 Å². The van der Waals surface area contributed by atoms with Crippen molar-refractivity contribution in [2.75, 3.05) is 0 Å². The van der Waals surface area contributed by atoms with Crippen molar-refractivity contribution in [1.29, 1.82) is 0 Å². The quantitative estimate of drug-likeness (QED) is 0.175. The molecule has 2 heterocycles. The van der Waals surface area contributed by atoms with Gasteiger partial charge in [0, 0.05) is 42.7 Å². The lowest BCUT2D eigenvalue weighted by Gasteiger charge is -2.24. The molecule has 0 aliphatic heterocycles. The highest BCUT2D eigenvalue weighted by molar-refractivity contribution is 8.00. The molecule has 0 bridgehead atoms. The first-order chi connectivity index (χ1) is 14.0. The zero-order chi connectivity index (χ0) is 22.1. The topological polar surface area (TPSA) is 37.5 Å². The molecule has 0 fully saturated rings. The van der Waals surface area contributed by atoms with Gasteiger partial charge in [-0.1, -0.05) is 60.6 Å². The van der Waals surface area contributed by atoms with Gasteiger partial charge in [-0.2, -0.15) is 0 Å². The molecular weight excluding hydrogens is 408 g/mol. The lowest BCUT2D eigenvalue weighted by atomic mass is 9.89. The van der Waals surface area contributed by atoms with Crippen LogP contribution < -0.4 is 0 Å². The van der Waals surface area contributed by atoms with Crippen LogP contribution in [0.25, 0.3) is 10.9 Å². The predicted molar refractivity (Wildman–Crippen MR) is 133 cm³/mol. The zero-order valence-electron chi connectivity index (χ0n) is 19.2.